The number of amides is 2. The van der Waals surface area contributed by atoms with Crippen molar-refractivity contribution in [2.45, 2.75) is 46.2 Å². The van der Waals surface area contributed by atoms with Crippen molar-refractivity contribution in [2.75, 3.05) is 25.0 Å². The molecule has 5 rings (SSSR count). The number of rotatable bonds is 7. The van der Waals surface area contributed by atoms with Crippen LogP contribution in [0.25, 0.3) is 16.9 Å². The number of urea groups is 1. The summed E-state index contributed by atoms with van der Waals surface area (Å²) >= 11 is 6.15. The number of benzene rings is 2. The quantitative estimate of drug-likeness (QED) is 0.295. The van der Waals surface area contributed by atoms with Crippen LogP contribution in [0.1, 0.15) is 36.6 Å². The summed E-state index contributed by atoms with van der Waals surface area (Å²) in [6.45, 7) is 9.50. The van der Waals surface area contributed by atoms with Gasteiger partial charge >= 0.3 is 6.03 Å². The minimum absolute atomic E-state index is 0.0119. The first kappa shape index (κ1) is 25.3. The fourth-order valence-electron chi connectivity index (χ4n) is 5.29. The highest BCUT2D eigenvalue weighted by atomic mass is 35.5. The number of likely N-dealkylation sites (N-methyl/N-ethyl adjacent to an activating group) is 1. The van der Waals surface area contributed by atoms with Crippen LogP contribution in [0, 0.1) is 13.8 Å². The van der Waals surface area contributed by atoms with E-state index in [2.05, 4.69) is 40.7 Å². The van der Waals surface area contributed by atoms with Crippen molar-refractivity contribution in [3.05, 3.63) is 88.7 Å². The van der Waals surface area contributed by atoms with Gasteiger partial charge in [0.15, 0.2) is 0 Å². The Balaban J connectivity index is 1.35. The fraction of sp³-hybridized carbons (Fsp3) is 0.333. The van der Waals surface area contributed by atoms with E-state index in [0.29, 0.717) is 5.02 Å². The number of aromatic nitrogens is 2. The standard InChI is InChI=1S/C30H34ClN5O/c1-4-34(19-25-8-7-17-35(25)30(37)32-26-15-10-21(2)18-22(26)3)20-27-29(23-11-13-24(31)14-12-23)33-28-9-5-6-16-36(27)28/h5-6,9-16,18,25H,4,7-8,17,19-20H2,1-3H3,(H,32,37). The minimum atomic E-state index is -0.0119. The van der Waals surface area contributed by atoms with Gasteiger partial charge in [0.1, 0.15) is 5.65 Å². The molecule has 2 aromatic heterocycles. The zero-order valence-corrected chi connectivity index (χ0v) is 22.5. The first-order chi connectivity index (χ1) is 17.9. The lowest BCUT2D eigenvalue weighted by Crippen LogP contribution is -2.45. The van der Waals surface area contributed by atoms with E-state index in [9.17, 15) is 4.79 Å². The summed E-state index contributed by atoms with van der Waals surface area (Å²) < 4.78 is 2.17. The summed E-state index contributed by atoms with van der Waals surface area (Å²) in [6, 6.07) is 20.3. The number of halogens is 1. The van der Waals surface area contributed by atoms with Crippen molar-refractivity contribution in [3.63, 3.8) is 0 Å². The highest BCUT2D eigenvalue weighted by Crippen LogP contribution is 2.28. The van der Waals surface area contributed by atoms with Crippen molar-refractivity contribution < 1.29 is 4.79 Å². The maximum absolute atomic E-state index is 13.3. The molecule has 0 bridgehead atoms. The van der Waals surface area contributed by atoms with E-state index >= 15 is 0 Å². The van der Waals surface area contributed by atoms with Crippen LogP contribution in [-0.2, 0) is 6.54 Å². The maximum atomic E-state index is 13.3. The first-order valence-electron chi connectivity index (χ1n) is 13.0. The Morgan fingerprint density at radius 1 is 1.14 bits per heavy atom. The molecule has 0 saturated carbocycles. The van der Waals surface area contributed by atoms with Crippen LogP contribution in [0.15, 0.2) is 66.9 Å². The van der Waals surface area contributed by atoms with Crippen molar-refractivity contribution in [1.82, 2.24) is 19.2 Å². The minimum Gasteiger partial charge on any atom is -0.320 e. The second kappa shape index (κ2) is 11.0. The number of aryl methyl sites for hydroxylation is 2. The topological polar surface area (TPSA) is 52.9 Å². The summed E-state index contributed by atoms with van der Waals surface area (Å²) in [5, 5.41) is 3.86. The first-order valence-corrected chi connectivity index (χ1v) is 13.4. The van der Waals surface area contributed by atoms with E-state index < -0.39 is 0 Å². The monoisotopic (exact) mass is 515 g/mol. The van der Waals surface area contributed by atoms with Crippen LogP contribution < -0.4 is 5.32 Å². The van der Waals surface area contributed by atoms with Crippen LogP contribution >= 0.6 is 11.6 Å². The number of pyridine rings is 1. The Morgan fingerprint density at radius 2 is 1.95 bits per heavy atom. The number of nitrogens with one attached hydrogen (secondary N) is 1. The molecule has 1 fully saturated rings. The van der Waals surface area contributed by atoms with Gasteiger partial charge in [-0.3, -0.25) is 4.90 Å². The van der Waals surface area contributed by atoms with Crippen LogP contribution in [0.4, 0.5) is 10.5 Å². The van der Waals surface area contributed by atoms with Crippen molar-refractivity contribution >= 4 is 29.0 Å². The molecule has 1 unspecified atom stereocenters. The predicted molar refractivity (Wildman–Crippen MR) is 151 cm³/mol. The van der Waals surface area contributed by atoms with Gasteiger partial charge in [0.05, 0.1) is 11.4 Å². The summed E-state index contributed by atoms with van der Waals surface area (Å²) in [5.41, 5.74) is 7.25. The van der Waals surface area contributed by atoms with Crippen LogP contribution in [0.5, 0.6) is 0 Å². The lowest BCUT2D eigenvalue weighted by molar-refractivity contribution is 0.174. The van der Waals surface area contributed by atoms with Gasteiger partial charge in [-0.25, -0.2) is 9.78 Å². The van der Waals surface area contributed by atoms with Gasteiger partial charge in [0.25, 0.3) is 0 Å². The van der Waals surface area contributed by atoms with Crippen molar-refractivity contribution in [3.8, 4) is 11.3 Å². The Hall–Kier alpha value is -3.35. The molecule has 4 aromatic rings. The Labute approximate surface area is 223 Å². The molecule has 1 atom stereocenters. The summed E-state index contributed by atoms with van der Waals surface area (Å²) in [4.78, 5) is 22.6. The van der Waals surface area contributed by atoms with Crippen LogP contribution in [0.3, 0.4) is 0 Å². The van der Waals surface area contributed by atoms with E-state index in [-0.39, 0.29) is 12.1 Å². The maximum Gasteiger partial charge on any atom is 0.322 e. The molecule has 2 amide bonds. The van der Waals surface area contributed by atoms with Crippen LogP contribution in [-0.4, -0.2) is 50.9 Å². The van der Waals surface area contributed by atoms with E-state index in [4.69, 9.17) is 16.6 Å². The Bertz CT molecular complexity index is 1400. The van der Waals surface area contributed by atoms with Gasteiger partial charge < -0.3 is 14.6 Å². The Kier molecular flexibility index (Phi) is 7.49. The van der Waals surface area contributed by atoms with Gasteiger partial charge in [-0.2, -0.15) is 0 Å². The van der Waals surface area contributed by atoms with E-state index in [0.717, 1.165) is 72.9 Å². The SMILES string of the molecule is CCN(Cc1c(-c2ccc(Cl)cc2)nc2ccccn12)CC1CCCN1C(=O)Nc1ccc(C)cc1C. The number of fused-ring (bicyclic) bond motifs is 1. The number of imidazole rings is 1. The molecule has 1 N–H and O–H groups in total. The van der Waals surface area contributed by atoms with Gasteiger partial charge in [0, 0.05) is 48.1 Å². The molecule has 0 radical (unpaired) electrons. The second-order valence-corrected chi connectivity index (χ2v) is 10.3. The lowest BCUT2D eigenvalue weighted by Gasteiger charge is -2.30. The second-order valence-electron chi connectivity index (χ2n) is 9.91. The van der Waals surface area contributed by atoms with Crippen molar-refractivity contribution in [2.24, 2.45) is 0 Å². The zero-order chi connectivity index (χ0) is 25.9. The predicted octanol–water partition coefficient (Wildman–Crippen LogP) is 6.79. The van der Waals surface area contributed by atoms with E-state index in [1.807, 2.05) is 66.4 Å². The number of carbonyl (C=O) groups is 1. The number of hydrogen-bond acceptors (Lipinski definition) is 3. The highest BCUT2D eigenvalue weighted by molar-refractivity contribution is 6.30. The summed E-state index contributed by atoms with van der Waals surface area (Å²) in [6.07, 6.45) is 4.10. The molecule has 6 nitrogen and oxygen atoms in total. The molecule has 192 valence electrons. The molecule has 2 aromatic carbocycles. The third-order valence-electron chi connectivity index (χ3n) is 7.30. The van der Waals surface area contributed by atoms with E-state index in [1.165, 1.54) is 5.56 Å². The third kappa shape index (κ3) is 5.50. The molecule has 37 heavy (non-hydrogen) atoms. The number of nitrogens with zero attached hydrogens (tertiary/aromatic N) is 4. The smallest absolute Gasteiger partial charge is 0.320 e. The normalized spacial score (nSPS) is 15.6. The molecule has 7 heteroatoms. The molecular formula is C30H34ClN5O. The zero-order valence-electron chi connectivity index (χ0n) is 21.7. The molecule has 3 heterocycles. The number of hydrogen-bond donors (Lipinski definition) is 1. The van der Waals surface area contributed by atoms with Gasteiger partial charge in [-0.15, -0.1) is 0 Å². The molecular weight excluding hydrogens is 482 g/mol. The molecule has 1 aliphatic heterocycles. The van der Waals surface area contributed by atoms with Crippen LogP contribution in [0.2, 0.25) is 5.02 Å². The molecule has 1 saturated heterocycles. The summed E-state index contributed by atoms with van der Waals surface area (Å²) in [7, 11) is 0. The third-order valence-corrected chi connectivity index (χ3v) is 7.55. The van der Waals surface area contributed by atoms with E-state index in [1.54, 1.807) is 0 Å². The number of carbonyl (C=O) groups excluding carboxylic acids is 1. The average molecular weight is 516 g/mol. The number of likely N-dealkylation sites (tertiary alicyclic amines) is 1. The largest absolute Gasteiger partial charge is 0.322 e. The molecule has 0 spiro atoms. The molecule has 1 aliphatic rings. The van der Waals surface area contributed by atoms with Gasteiger partial charge in [-0.05, 0) is 69.1 Å². The summed E-state index contributed by atoms with van der Waals surface area (Å²) in [5.74, 6) is 0. The van der Waals surface area contributed by atoms with Crippen molar-refractivity contribution in [1.29, 1.82) is 0 Å². The van der Waals surface area contributed by atoms with Gasteiger partial charge in [-0.1, -0.05) is 54.4 Å². The number of anilines is 1. The Morgan fingerprint density at radius 3 is 2.70 bits per heavy atom. The fourth-order valence-corrected chi connectivity index (χ4v) is 5.41. The average Bonchev–Trinajstić information content (AvgIpc) is 3.50. The van der Waals surface area contributed by atoms with Gasteiger partial charge in [0.2, 0.25) is 0 Å². The highest BCUT2D eigenvalue weighted by Gasteiger charge is 2.31. The lowest BCUT2D eigenvalue weighted by atomic mass is 10.1. The molecule has 0 aliphatic carbocycles.